The van der Waals surface area contributed by atoms with E-state index in [1.807, 2.05) is 18.2 Å². The van der Waals surface area contributed by atoms with E-state index in [4.69, 9.17) is 9.47 Å². The standard InChI is InChI=1S/C14H19BrO3/c1-17-11-4-6-13(15)12(9-11)14(16)7-5-10-3-2-8-18-10/h4,6,9-10,14,16H,2-3,5,7-8H2,1H3. The van der Waals surface area contributed by atoms with Crippen LogP contribution >= 0.6 is 15.9 Å². The number of halogens is 1. The number of methoxy groups -OCH3 is 1. The molecule has 0 spiro atoms. The molecule has 2 atom stereocenters. The van der Waals surface area contributed by atoms with Gasteiger partial charge in [-0.05, 0) is 49.4 Å². The predicted octanol–water partition coefficient (Wildman–Crippen LogP) is 3.45. The summed E-state index contributed by atoms with van der Waals surface area (Å²) in [5.41, 5.74) is 0.882. The van der Waals surface area contributed by atoms with E-state index >= 15 is 0 Å². The molecule has 1 fully saturated rings. The smallest absolute Gasteiger partial charge is 0.119 e. The molecule has 0 saturated carbocycles. The molecule has 2 unspecified atom stereocenters. The Morgan fingerprint density at radius 1 is 1.56 bits per heavy atom. The predicted molar refractivity (Wildman–Crippen MR) is 73.9 cm³/mol. The Kier molecular flexibility index (Phi) is 5.03. The highest BCUT2D eigenvalue weighted by Crippen LogP contribution is 2.31. The zero-order chi connectivity index (χ0) is 13.0. The highest BCUT2D eigenvalue weighted by atomic mass is 79.9. The van der Waals surface area contributed by atoms with Gasteiger partial charge in [0.2, 0.25) is 0 Å². The molecule has 0 amide bonds. The third-order valence-corrected chi connectivity index (χ3v) is 4.07. The van der Waals surface area contributed by atoms with Crippen molar-refractivity contribution in [3.63, 3.8) is 0 Å². The summed E-state index contributed by atoms with van der Waals surface area (Å²) in [6, 6.07) is 5.66. The van der Waals surface area contributed by atoms with Crippen molar-refractivity contribution in [2.75, 3.05) is 13.7 Å². The fourth-order valence-corrected chi connectivity index (χ4v) is 2.79. The number of hydrogen-bond acceptors (Lipinski definition) is 3. The lowest BCUT2D eigenvalue weighted by Gasteiger charge is -2.16. The number of rotatable bonds is 5. The molecule has 3 nitrogen and oxygen atoms in total. The molecule has 0 aromatic heterocycles. The van der Waals surface area contributed by atoms with E-state index < -0.39 is 6.10 Å². The first-order valence-electron chi connectivity index (χ1n) is 6.34. The summed E-state index contributed by atoms with van der Waals surface area (Å²) in [7, 11) is 1.63. The molecule has 18 heavy (non-hydrogen) atoms. The molecule has 0 radical (unpaired) electrons. The van der Waals surface area contributed by atoms with Crippen molar-refractivity contribution >= 4 is 15.9 Å². The Morgan fingerprint density at radius 3 is 3.06 bits per heavy atom. The van der Waals surface area contributed by atoms with Crippen LogP contribution in [0.1, 0.15) is 37.4 Å². The van der Waals surface area contributed by atoms with Crippen LogP contribution in [0.15, 0.2) is 22.7 Å². The van der Waals surface area contributed by atoms with Crippen LogP contribution in [0.4, 0.5) is 0 Å². The second-order valence-electron chi connectivity index (χ2n) is 4.62. The lowest BCUT2D eigenvalue weighted by molar-refractivity contribution is 0.0810. The lowest BCUT2D eigenvalue weighted by atomic mass is 10.0. The highest BCUT2D eigenvalue weighted by molar-refractivity contribution is 9.10. The van der Waals surface area contributed by atoms with Gasteiger partial charge in [-0.1, -0.05) is 15.9 Å². The van der Waals surface area contributed by atoms with Crippen molar-refractivity contribution in [3.8, 4) is 5.75 Å². The molecule has 100 valence electrons. The van der Waals surface area contributed by atoms with Crippen LogP contribution in [0.2, 0.25) is 0 Å². The SMILES string of the molecule is COc1ccc(Br)c(C(O)CCC2CCCO2)c1. The van der Waals surface area contributed by atoms with Crippen molar-refractivity contribution in [1.29, 1.82) is 0 Å². The van der Waals surface area contributed by atoms with Crippen molar-refractivity contribution < 1.29 is 14.6 Å². The largest absolute Gasteiger partial charge is 0.497 e. The molecule has 0 bridgehead atoms. The van der Waals surface area contributed by atoms with Crippen LogP contribution in [-0.4, -0.2) is 24.9 Å². The molecule has 1 heterocycles. The Hall–Kier alpha value is -0.580. The summed E-state index contributed by atoms with van der Waals surface area (Å²) in [6.07, 6.45) is 3.74. The first kappa shape index (κ1) is 13.8. The molecule has 4 heteroatoms. The van der Waals surface area contributed by atoms with E-state index in [2.05, 4.69) is 15.9 Å². The summed E-state index contributed by atoms with van der Waals surface area (Å²) < 4.78 is 11.7. The Labute approximate surface area is 116 Å². The van der Waals surface area contributed by atoms with Gasteiger partial charge in [-0.15, -0.1) is 0 Å². The van der Waals surface area contributed by atoms with Gasteiger partial charge in [0.05, 0.1) is 19.3 Å². The molecule has 1 aromatic rings. The van der Waals surface area contributed by atoms with Crippen LogP contribution in [0.3, 0.4) is 0 Å². The van der Waals surface area contributed by atoms with Crippen molar-refractivity contribution in [2.24, 2.45) is 0 Å². The maximum atomic E-state index is 10.2. The molecule has 1 N–H and O–H groups in total. The van der Waals surface area contributed by atoms with Gasteiger partial charge >= 0.3 is 0 Å². The zero-order valence-electron chi connectivity index (χ0n) is 10.6. The normalized spacial score (nSPS) is 20.9. The number of ether oxygens (including phenoxy) is 2. The summed E-state index contributed by atoms with van der Waals surface area (Å²) in [5, 5.41) is 10.2. The monoisotopic (exact) mass is 314 g/mol. The molecule has 2 rings (SSSR count). The van der Waals surface area contributed by atoms with E-state index in [0.717, 1.165) is 48.1 Å². The maximum Gasteiger partial charge on any atom is 0.119 e. The van der Waals surface area contributed by atoms with E-state index in [1.54, 1.807) is 7.11 Å². The summed E-state index contributed by atoms with van der Waals surface area (Å²) >= 11 is 3.47. The third-order valence-electron chi connectivity index (χ3n) is 3.35. The molecule has 1 aliphatic rings. The van der Waals surface area contributed by atoms with Gasteiger partial charge in [0.25, 0.3) is 0 Å². The lowest BCUT2D eigenvalue weighted by Crippen LogP contribution is -2.08. The molecule has 1 aliphatic heterocycles. The third kappa shape index (κ3) is 3.46. The number of hydrogen-bond donors (Lipinski definition) is 1. The van der Waals surface area contributed by atoms with Crippen molar-refractivity contribution in [2.45, 2.75) is 37.9 Å². The minimum Gasteiger partial charge on any atom is -0.497 e. The van der Waals surface area contributed by atoms with E-state index in [9.17, 15) is 5.11 Å². The molecular formula is C14H19BrO3. The summed E-state index contributed by atoms with van der Waals surface area (Å²) in [6.45, 7) is 0.865. The molecular weight excluding hydrogens is 296 g/mol. The van der Waals surface area contributed by atoms with Gasteiger partial charge in [-0.25, -0.2) is 0 Å². The van der Waals surface area contributed by atoms with Gasteiger partial charge in [0.15, 0.2) is 0 Å². The van der Waals surface area contributed by atoms with Gasteiger partial charge in [-0.3, -0.25) is 0 Å². The number of aliphatic hydroxyl groups excluding tert-OH is 1. The highest BCUT2D eigenvalue weighted by Gasteiger charge is 2.19. The first-order chi connectivity index (χ1) is 8.70. The zero-order valence-corrected chi connectivity index (χ0v) is 12.1. The summed E-state index contributed by atoms with van der Waals surface area (Å²) in [5.74, 6) is 0.768. The average Bonchev–Trinajstić information content (AvgIpc) is 2.89. The van der Waals surface area contributed by atoms with E-state index in [1.165, 1.54) is 0 Å². The van der Waals surface area contributed by atoms with Gasteiger partial charge in [0, 0.05) is 11.1 Å². The maximum absolute atomic E-state index is 10.2. The molecule has 1 saturated heterocycles. The van der Waals surface area contributed by atoms with Crippen LogP contribution in [0.5, 0.6) is 5.75 Å². The van der Waals surface area contributed by atoms with Crippen molar-refractivity contribution in [3.05, 3.63) is 28.2 Å². The second-order valence-corrected chi connectivity index (χ2v) is 5.47. The number of aliphatic hydroxyl groups is 1. The topological polar surface area (TPSA) is 38.7 Å². The van der Waals surface area contributed by atoms with Crippen LogP contribution < -0.4 is 4.74 Å². The van der Waals surface area contributed by atoms with Crippen molar-refractivity contribution in [1.82, 2.24) is 0 Å². The van der Waals surface area contributed by atoms with Crippen LogP contribution in [0.25, 0.3) is 0 Å². The Morgan fingerprint density at radius 2 is 2.39 bits per heavy atom. The fourth-order valence-electron chi connectivity index (χ4n) is 2.28. The molecule has 1 aromatic carbocycles. The second kappa shape index (κ2) is 6.55. The minimum absolute atomic E-state index is 0.323. The first-order valence-corrected chi connectivity index (χ1v) is 7.13. The average molecular weight is 315 g/mol. The summed E-state index contributed by atoms with van der Waals surface area (Å²) in [4.78, 5) is 0. The van der Waals surface area contributed by atoms with E-state index in [0.29, 0.717) is 6.10 Å². The quantitative estimate of drug-likeness (QED) is 0.904. The van der Waals surface area contributed by atoms with Gasteiger partial charge in [0.1, 0.15) is 5.75 Å². The fraction of sp³-hybridized carbons (Fsp3) is 0.571. The van der Waals surface area contributed by atoms with Gasteiger partial charge < -0.3 is 14.6 Å². The van der Waals surface area contributed by atoms with Crippen LogP contribution in [-0.2, 0) is 4.74 Å². The number of benzene rings is 1. The Bertz CT molecular complexity index is 389. The van der Waals surface area contributed by atoms with Crippen LogP contribution in [0, 0.1) is 0 Å². The molecule has 0 aliphatic carbocycles. The van der Waals surface area contributed by atoms with E-state index in [-0.39, 0.29) is 0 Å². The Balaban J connectivity index is 1.96. The van der Waals surface area contributed by atoms with Gasteiger partial charge in [-0.2, -0.15) is 0 Å². The minimum atomic E-state index is -0.473.